The Morgan fingerprint density at radius 3 is 2.32 bits per heavy atom. The molecule has 2 rings (SSSR count). The van der Waals surface area contributed by atoms with E-state index in [-0.39, 0.29) is 11.2 Å². The molecule has 0 unspecified atom stereocenters. The van der Waals surface area contributed by atoms with Gasteiger partial charge in [-0.1, -0.05) is 25.9 Å². The maximum Gasteiger partial charge on any atom is 0.175 e. The minimum Gasteiger partial charge on any atom is -0.380 e. The van der Waals surface area contributed by atoms with E-state index in [0.29, 0.717) is 16.9 Å². The van der Waals surface area contributed by atoms with Crippen LogP contribution in [0.4, 0.5) is 14.6 Å². The first-order valence-corrected chi connectivity index (χ1v) is 6.07. The summed E-state index contributed by atoms with van der Waals surface area (Å²) in [6, 6.07) is 3.26. The van der Waals surface area contributed by atoms with E-state index in [1.807, 2.05) is 20.8 Å². The third kappa shape index (κ3) is 2.45. The molecule has 1 aromatic heterocycles. The third-order valence-electron chi connectivity index (χ3n) is 3.37. The van der Waals surface area contributed by atoms with Crippen molar-refractivity contribution in [2.75, 3.05) is 5.73 Å². The summed E-state index contributed by atoms with van der Waals surface area (Å²) in [6.07, 6.45) is 0.784. The Morgan fingerprint density at radius 2 is 1.79 bits per heavy atom. The third-order valence-corrected chi connectivity index (χ3v) is 3.37. The van der Waals surface area contributed by atoms with E-state index < -0.39 is 11.6 Å². The smallest absolute Gasteiger partial charge is 0.175 e. The molecule has 1 heterocycles. The first kappa shape index (κ1) is 13.5. The summed E-state index contributed by atoms with van der Waals surface area (Å²) >= 11 is 0. The van der Waals surface area contributed by atoms with Gasteiger partial charge in [0.15, 0.2) is 11.6 Å². The Balaban J connectivity index is 2.65. The van der Waals surface area contributed by atoms with Gasteiger partial charge in [-0.2, -0.15) is 0 Å². The van der Waals surface area contributed by atoms with Crippen LogP contribution in [0.15, 0.2) is 22.7 Å². The maximum atomic E-state index is 13.3. The average molecular weight is 266 g/mol. The molecule has 0 saturated heterocycles. The van der Waals surface area contributed by atoms with Gasteiger partial charge in [0.25, 0.3) is 0 Å². The second kappa shape index (κ2) is 4.64. The first-order valence-electron chi connectivity index (χ1n) is 6.07. The fourth-order valence-corrected chi connectivity index (χ4v) is 1.90. The van der Waals surface area contributed by atoms with Crippen LogP contribution in [0.1, 0.15) is 33.0 Å². The van der Waals surface area contributed by atoms with Crippen LogP contribution in [0.3, 0.4) is 0 Å². The molecule has 0 aliphatic carbocycles. The number of benzene rings is 1. The Hall–Kier alpha value is -1.91. The number of hydrogen-bond acceptors (Lipinski definition) is 3. The molecule has 0 atom stereocenters. The number of nitrogen functional groups attached to an aromatic ring is 1. The number of anilines is 1. The first-order chi connectivity index (χ1) is 8.85. The molecular weight excluding hydrogens is 250 g/mol. The van der Waals surface area contributed by atoms with E-state index in [1.54, 1.807) is 0 Å². The maximum absolute atomic E-state index is 13.3. The molecule has 19 heavy (non-hydrogen) atoms. The number of halogens is 2. The van der Waals surface area contributed by atoms with Crippen LogP contribution in [-0.4, -0.2) is 5.16 Å². The van der Waals surface area contributed by atoms with E-state index in [4.69, 9.17) is 10.3 Å². The lowest BCUT2D eigenvalue weighted by Crippen LogP contribution is -2.15. The van der Waals surface area contributed by atoms with Crippen molar-refractivity contribution in [1.82, 2.24) is 5.16 Å². The fraction of sp³-hybridized carbons (Fsp3) is 0.357. The highest BCUT2D eigenvalue weighted by Crippen LogP contribution is 2.39. The normalized spacial score (nSPS) is 11.8. The van der Waals surface area contributed by atoms with Crippen LogP contribution in [0, 0.1) is 11.6 Å². The van der Waals surface area contributed by atoms with Crippen LogP contribution in [0.2, 0.25) is 0 Å². The Bertz CT molecular complexity index is 585. The second-order valence-corrected chi connectivity index (χ2v) is 5.17. The standard InChI is InChI=1S/C14H16F2N2O/c1-4-14(2,3)12-11(13(17)18-19-12)8-5-9(15)7-10(16)6-8/h5-7H,4H2,1-3H3,(H2,17,18). The van der Waals surface area contributed by atoms with Gasteiger partial charge >= 0.3 is 0 Å². The summed E-state index contributed by atoms with van der Waals surface area (Å²) in [5.41, 5.74) is 6.26. The molecular formula is C14H16F2N2O. The molecule has 0 radical (unpaired) electrons. The van der Waals surface area contributed by atoms with Crippen molar-refractivity contribution in [2.24, 2.45) is 0 Å². The molecule has 0 saturated carbocycles. The zero-order chi connectivity index (χ0) is 14.2. The predicted molar refractivity (Wildman–Crippen MR) is 69.6 cm³/mol. The molecule has 2 aromatic rings. The lowest BCUT2D eigenvalue weighted by atomic mass is 9.83. The van der Waals surface area contributed by atoms with Crippen LogP contribution < -0.4 is 5.73 Å². The SMILES string of the molecule is CCC(C)(C)c1onc(N)c1-c1cc(F)cc(F)c1. The molecule has 0 spiro atoms. The molecule has 2 N–H and O–H groups in total. The molecule has 0 aliphatic rings. The summed E-state index contributed by atoms with van der Waals surface area (Å²) in [7, 11) is 0. The summed E-state index contributed by atoms with van der Waals surface area (Å²) in [5, 5.41) is 3.72. The molecule has 5 heteroatoms. The average Bonchev–Trinajstić information content (AvgIpc) is 2.70. The van der Waals surface area contributed by atoms with Gasteiger partial charge in [0.05, 0.1) is 5.56 Å². The number of rotatable bonds is 3. The van der Waals surface area contributed by atoms with Crippen molar-refractivity contribution in [3.63, 3.8) is 0 Å². The molecule has 1 aromatic carbocycles. The predicted octanol–water partition coefficient (Wildman–Crippen LogP) is 3.89. The monoisotopic (exact) mass is 266 g/mol. The fourth-order valence-electron chi connectivity index (χ4n) is 1.90. The Kier molecular flexibility index (Phi) is 3.30. The highest BCUT2D eigenvalue weighted by Gasteiger charge is 2.29. The lowest BCUT2D eigenvalue weighted by molar-refractivity contribution is 0.313. The second-order valence-electron chi connectivity index (χ2n) is 5.17. The van der Waals surface area contributed by atoms with Gasteiger partial charge in [-0.05, 0) is 24.1 Å². The van der Waals surface area contributed by atoms with E-state index in [9.17, 15) is 8.78 Å². The summed E-state index contributed by atoms with van der Waals surface area (Å²) in [5.74, 6) is -0.634. The van der Waals surface area contributed by atoms with Gasteiger partial charge in [0.2, 0.25) is 0 Å². The van der Waals surface area contributed by atoms with Gasteiger partial charge in [-0.3, -0.25) is 0 Å². The van der Waals surface area contributed by atoms with Crippen molar-refractivity contribution in [3.8, 4) is 11.1 Å². The lowest BCUT2D eigenvalue weighted by Gasteiger charge is -2.20. The number of nitrogens with two attached hydrogens (primary N) is 1. The quantitative estimate of drug-likeness (QED) is 0.916. The van der Waals surface area contributed by atoms with Crippen LogP contribution in [0.25, 0.3) is 11.1 Å². The van der Waals surface area contributed by atoms with Crippen molar-refractivity contribution < 1.29 is 13.3 Å². The molecule has 0 amide bonds. The van der Waals surface area contributed by atoms with Crippen molar-refractivity contribution in [3.05, 3.63) is 35.6 Å². The number of nitrogens with zero attached hydrogens (tertiary/aromatic N) is 1. The van der Waals surface area contributed by atoms with E-state index >= 15 is 0 Å². The van der Waals surface area contributed by atoms with Crippen LogP contribution >= 0.6 is 0 Å². The number of hydrogen-bond donors (Lipinski definition) is 1. The number of aromatic nitrogens is 1. The largest absolute Gasteiger partial charge is 0.380 e. The van der Waals surface area contributed by atoms with Gasteiger partial charge in [-0.25, -0.2) is 8.78 Å². The zero-order valence-electron chi connectivity index (χ0n) is 11.1. The Morgan fingerprint density at radius 1 is 1.21 bits per heavy atom. The van der Waals surface area contributed by atoms with Gasteiger partial charge in [0, 0.05) is 11.5 Å². The highest BCUT2D eigenvalue weighted by atomic mass is 19.1. The molecule has 0 bridgehead atoms. The van der Waals surface area contributed by atoms with Crippen LogP contribution in [-0.2, 0) is 5.41 Å². The molecule has 0 fully saturated rings. The van der Waals surface area contributed by atoms with Crippen LogP contribution in [0.5, 0.6) is 0 Å². The van der Waals surface area contributed by atoms with E-state index in [2.05, 4.69) is 5.16 Å². The summed E-state index contributed by atoms with van der Waals surface area (Å²) in [6.45, 7) is 5.92. The van der Waals surface area contributed by atoms with Gasteiger partial charge in [0.1, 0.15) is 11.6 Å². The van der Waals surface area contributed by atoms with Gasteiger partial charge in [-0.15, -0.1) is 0 Å². The molecule has 0 aliphatic heterocycles. The van der Waals surface area contributed by atoms with Crippen molar-refractivity contribution >= 4 is 5.82 Å². The Labute approximate surface area is 110 Å². The zero-order valence-corrected chi connectivity index (χ0v) is 11.1. The summed E-state index contributed by atoms with van der Waals surface area (Å²) in [4.78, 5) is 0. The van der Waals surface area contributed by atoms with Crippen molar-refractivity contribution in [2.45, 2.75) is 32.6 Å². The van der Waals surface area contributed by atoms with E-state index in [1.165, 1.54) is 12.1 Å². The highest BCUT2D eigenvalue weighted by molar-refractivity contribution is 5.76. The van der Waals surface area contributed by atoms with Crippen molar-refractivity contribution in [1.29, 1.82) is 0 Å². The molecule has 102 valence electrons. The minimum absolute atomic E-state index is 0.140. The topological polar surface area (TPSA) is 52.0 Å². The minimum atomic E-state index is -0.657. The summed E-state index contributed by atoms with van der Waals surface area (Å²) < 4.78 is 31.9. The van der Waals surface area contributed by atoms with E-state index in [0.717, 1.165) is 12.5 Å². The van der Waals surface area contributed by atoms with Gasteiger partial charge < -0.3 is 10.3 Å². The molecule has 3 nitrogen and oxygen atoms in total.